The quantitative estimate of drug-likeness (QED) is 0.900. The Balaban J connectivity index is 1.93. The third-order valence-electron chi connectivity index (χ3n) is 3.53. The molecule has 0 atom stereocenters. The Bertz CT molecular complexity index is 727. The predicted octanol–water partition coefficient (Wildman–Crippen LogP) is 3.43. The van der Waals surface area contributed by atoms with E-state index in [0.717, 1.165) is 5.56 Å². The molecule has 0 radical (unpaired) electrons. The first-order valence-corrected chi connectivity index (χ1v) is 7.78. The number of amides is 2. The van der Waals surface area contributed by atoms with Crippen LogP contribution in [0.2, 0.25) is 5.02 Å². The standard InChI is InChI=1S/C18H18ClFN2O2/c1-12-6-8-13(9-7-12)21-17(23)11-22(2)18(24)10-14-15(19)4-3-5-16(14)20/h3-9H,10-11H2,1-2H3,(H,21,23). The second-order valence-electron chi connectivity index (χ2n) is 5.54. The summed E-state index contributed by atoms with van der Waals surface area (Å²) in [6, 6.07) is 11.6. The molecule has 2 amide bonds. The van der Waals surface area contributed by atoms with Gasteiger partial charge in [0.2, 0.25) is 11.8 Å². The number of halogens is 2. The van der Waals surface area contributed by atoms with E-state index in [0.29, 0.717) is 5.69 Å². The van der Waals surface area contributed by atoms with E-state index in [1.165, 1.54) is 30.1 Å². The van der Waals surface area contributed by atoms with E-state index in [1.54, 1.807) is 12.1 Å². The molecule has 0 saturated carbocycles. The number of likely N-dealkylation sites (N-methyl/N-ethyl adjacent to an activating group) is 1. The topological polar surface area (TPSA) is 49.4 Å². The van der Waals surface area contributed by atoms with Crippen molar-refractivity contribution >= 4 is 29.1 Å². The van der Waals surface area contributed by atoms with Crippen LogP contribution in [0.4, 0.5) is 10.1 Å². The molecule has 24 heavy (non-hydrogen) atoms. The number of hydrogen-bond donors (Lipinski definition) is 1. The molecule has 2 aromatic carbocycles. The van der Waals surface area contributed by atoms with Crippen LogP contribution in [0, 0.1) is 12.7 Å². The van der Waals surface area contributed by atoms with Crippen LogP contribution < -0.4 is 5.32 Å². The van der Waals surface area contributed by atoms with Crippen LogP contribution in [-0.2, 0) is 16.0 Å². The molecule has 0 aliphatic rings. The van der Waals surface area contributed by atoms with Gasteiger partial charge in [0.05, 0.1) is 13.0 Å². The Morgan fingerprint density at radius 3 is 2.46 bits per heavy atom. The zero-order valence-corrected chi connectivity index (χ0v) is 14.2. The van der Waals surface area contributed by atoms with E-state index >= 15 is 0 Å². The first kappa shape index (κ1) is 17.9. The van der Waals surface area contributed by atoms with Gasteiger partial charge in [-0.25, -0.2) is 4.39 Å². The molecule has 126 valence electrons. The number of rotatable bonds is 5. The molecule has 0 saturated heterocycles. The van der Waals surface area contributed by atoms with Gasteiger partial charge in [0.25, 0.3) is 0 Å². The van der Waals surface area contributed by atoms with Crippen molar-refractivity contribution in [3.05, 3.63) is 64.4 Å². The van der Waals surface area contributed by atoms with Gasteiger partial charge in [-0.3, -0.25) is 9.59 Å². The second kappa shape index (κ2) is 7.93. The summed E-state index contributed by atoms with van der Waals surface area (Å²) in [7, 11) is 1.49. The van der Waals surface area contributed by atoms with Crippen molar-refractivity contribution in [2.45, 2.75) is 13.3 Å². The van der Waals surface area contributed by atoms with Crippen LogP contribution in [0.3, 0.4) is 0 Å². The molecule has 4 nitrogen and oxygen atoms in total. The Morgan fingerprint density at radius 2 is 1.83 bits per heavy atom. The zero-order valence-electron chi connectivity index (χ0n) is 13.5. The van der Waals surface area contributed by atoms with Gasteiger partial charge in [0.15, 0.2) is 0 Å². The van der Waals surface area contributed by atoms with Gasteiger partial charge < -0.3 is 10.2 Å². The number of anilines is 1. The van der Waals surface area contributed by atoms with Crippen LogP contribution in [0.1, 0.15) is 11.1 Å². The van der Waals surface area contributed by atoms with Gasteiger partial charge in [-0.2, -0.15) is 0 Å². The monoisotopic (exact) mass is 348 g/mol. The van der Waals surface area contributed by atoms with Crippen LogP contribution >= 0.6 is 11.6 Å². The fourth-order valence-corrected chi connectivity index (χ4v) is 2.36. The second-order valence-corrected chi connectivity index (χ2v) is 5.95. The molecule has 0 bridgehead atoms. The lowest BCUT2D eigenvalue weighted by molar-refractivity contribution is -0.132. The summed E-state index contributed by atoms with van der Waals surface area (Å²) in [6.07, 6.45) is -0.195. The molecule has 0 aliphatic carbocycles. The Labute approximate surface area is 145 Å². The van der Waals surface area contributed by atoms with E-state index in [4.69, 9.17) is 11.6 Å². The molecule has 0 aromatic heterocycles. The largest absolute Gasteiger partial charge is 0.336 e. The minimum atomic E-state index is -0.534. The van der Waals surface area contributed by atoms with E-state index in [9.17, 15) is 14.0 Å². The van der Waals surface area contributed by atoms with Gasteiger partial charge in [0.1, 0.15) is 5.82 Å². The SMILES string of the molecule is Cc1ccc(NC(=O)CN(C)C(=O)Cc2c(F)cccc2Cl)cc1. The van der Waals surface area contributed by atoms with Crippen molar-refractivity contribution < 1.29 is 14.0 Å². The van der Waals surface area contributed by atoms with E-state index in [-0.39, 0.29) is 35.4 Å². The Kier molecular flexibility index (Phi) is 5.93. The van der Waals surface area contributed by atoms with Crippen LogP contribution in [0.25, 0.3) is 0 Å². The van der Waals surface area contributed by atoms with Gasteiger partial charge in [-0.1, -0.05) is 35.4 Å². The van der Waals surface area contributed by atoms with Crippen LogP contribution in [-0.4, -0.2) is 30.3 Å². The highest BCUT2D eigenvalue weighted by Crippen LogP contribution is 2.20. The van der Waals surface area contributed by atoms with Gasteiger partial charge in [-0.05, 0) is 31.2 Å². The number of nitrogens with zero attached hydrogens (tertiary/aromatic N) is 1. The predicted molar refractivity (Wildman–Crippen MR) is 92.6 cm³/mol. The molecule has 0 spiro atoms. The summed E-state index contributed by atoms with van der Waals surface area (Å²) in [5.41, 5.74) is 1.88. The average Bonchev–Trinajstić information content (AvgIpc) is 2.53. The van der Waals surface area contributed by atoms with Crippen molar-refractivity contribution in [3.8, 4) is 0 Å². The average molecular weight is 349 g/mol. The lowest BCUT2D eigenvalue weighted by atomic mass is 10.1. The van der Waals surface area contributed by atoms with Crippen molar-refractivity contribution in [3.63, 3.8) is 0 Å². The molecule has 6 heteroatoms. The number of benzene rings is 2. The summed E-state index contributed by atoms with van der Waals surface area (Å²) in [5, 5.41) is 2.90. The zero-order chi connectivity index (χ0) is 17.7. The first-order chi connectivity index (χ1) is 11.4. The van der Waals surface area contributed by atoms with Gasteiger partial charge in [0, 0.05) is 23.3 Å². The lowest BCUT2D eigenvalue weighted by Crippen LogP contribution is -2.36. The van der Waals surface area contributed by atoms with Crippen molar-refractivity contribution in [2.24, 2.45) is 0 Å². The summed E-state index contributed by atoms with van der Waals surface area (Å²) in [4.78, 5) is 25.4. The molecule has 1 N–H and O–H groups in total. The van der Waals surface area contributed by atoms with Crippen molar-refractivity contribution in [1.82, 2.24) is 4.90 Å². The number of carbonyl (C=O) groups excluding carboxylic acids is 2. The molecule has 0 fully saturated rings. The minimum absolute atomic E-state index is 0.126. The van der Waals surface area contributed by atoms with E-state index < -0.39 is 5.82 Å². The number of carbonyl (C=O) groups is 2. The van der Waals surface area contributed by atoms with Crippen molar-refractivity contribution in [2.75, 3.05) is 18.9 Å². The summed E-state index contributed by atoms with van der Waals surface area (Å²) < 4.78 is 13.7. The maximum absolute atomic E-state index is 13.7. The molecule has 0 aliphatic heterocycles. The highest BCUT2D eigenvalue weighted by molar-refractivity contribution is 6.31. The lowest BCUT2D eigenvalue weighted by Gasteiger charge is -2.17. The fraction of sp³-hybridized carbons (Fsp3) is 0.222. The molecular weight excluding hydrogens is 331 g/mol. The normalized spacial score (nSPS) is 10.3. The Hall–Kier alpha value is -2.40. The molecular formula is C18H18ClFN2O2. The number of hydrogen-bond acceptors (Lipinski definition) is 2. The minimum Gasteiger partial charge on any atom is -0.336 e. The molecule has 2 rings (SSSR count). The van der Waals surface area contributed by atoms with Crippen molar-refractivity contribution in [1.29, 1.82) is 0 Å². The summed E-state index contributed by atoms with van der Waals surface area (Å²) in [6.45, 7) is 1.82. The first-order valence-electron chi connectivity index (χ1n) is 7.40. The highest BCUT2D eigenvalue weighted by atomic mass is 35.5. The smallest absolute Gasteiger partial charge is 0.243 e. The summed E-state index contributed by atoms with van der Waals surface area (Å²) >= 11 is 5.91. The maximum Gasteiger partial charge on any atom is 0.243 e. The third kappa shape index (κ3) is 4.80. The van der Waals surface area contributed by atoms with Crippen LogP contribution in [0.5, 0.6) is 0 Å². The van der Waals surface area contributed by atoms with Gasteiger partial charge in [-0.15, -0.1) is 0 Å². The fourth-order valence-electron chi connectivity index (χ4n) is 2.13. The Morgan fingerprint density at radius 1 is 1.17 bits per heavy atom. The van der Waals surface area contributed by atoms with E-state index in [2.05, 4.69) is 5.32 Å². The molecule has 2 aromatic rings. The summed E-state index contributed by atoms with van der Waals surface area (Å²) in [5.74, 6) is -1.25. The molecule has 0 heterocycles. The number of aryl methyl sites for hydroxylation is 1. The van der Waals surface area contributed by atoms with Gasteiger partial charge >= 0.3 is 0 Å². The van der Waals surface area contributed by atoms with Crippen LogP contribution in [0.15, 0.2) is 42.5 Å². The molecule has 0 unspecified atom stereocenters. The van der Waals surface area contributed by atoms with E-state index in [1.807, 2.05) is 19.1 Å². The maximum atomic E-state index is 13.7. The highest BCUT2D eigenvalue weighted by Gasteiger charge is 2.17. The number of nitrogens with one attached hydrogen (secondary N) is 1. The third-order valence-corrected chi connectivity index (χ3v) is 3.89.